The summed E-state index contributed by atoms with van der Waals surface area (Å²) in [6.07, 6.45) is 1.75. The molecule has 0 aliphatic heterocycles. The molecule has 2 saturated carbocycles. The maximum absolute atomic E-state index is 14.7. The minimum Gasteiger partial charge on any atom is -0.429 e. The third-order valence-corrected chi connectivity index (χ3v) is 7.66. The summed E-state index contributed by atoms with van der Waals surface area (Å²) < 4.78 is 102. The average molecular weight is 504 g/mol. The lowest BCUT2D eigenvalue weighted by Gasteiger charge is -2.41. The molecule has 2 fully saturated rings. The molecule has 0 saturated heterocycles. The van der Waals surface area contributed by atoms with Crippen molar-refractivity contribution < 1.29 is 40.6 Å². The van der Waals surface area contributed by atoms with E-state index in [4.69, 9.17) is 0 Å². The highest BCUT2D eigenvalue weighted by molar-refractivity contribution is 5.34. The molecule has 2 aliphatic rings. The van der Waals surface area contributed by atoms with E-state index in [0.717, 1.165) is 25.7 Å². The van der Waals surface area contributed by atoms with E-state index in [1.165, 1.54) is 0 Å². The molecular weight excluding hydrogens is 477 g/mol. The fraction of sp³-hybridized carbons (Fsp3) is 0.538. The van der Waals surface area contributed by atoms with Crippen LogP contribution in [0.2, 0.25) is 0 Å². The summed E-state index contributed by atoms with van der Waals surface area (Å²) in [4.78, 5) is 0. The minimum absolute atomic E-state index is 0.143. The summed E-state index contributed by atoms with van der Waals surface area (Å²) >= 11 is 0. The van der Waals surface area contributed by atoms with Crippen molar-refractivity contribution in [1.29, 1.82) is 0 Å². The summed E-state index contributed by atoms with van der Waals surface area (Å²) in [7, 11) is 0. The van der Waals surface area contributed by atoms with E-state index in [-0.39, 0.29) is 30.5 Å². The lowest BCUT2D eigenvalue weighted by Crippen LogP contribution is -2.35. The number of alkyl halides is 2. The first-order valence-electron chi connectivity index (χ1n) is 11.8. The lowest BCUT2D eigenvalue weighted by atomic mass is 9.67. The van der Waals surface area contributed by atoms with Gasteiger partial charge in [-0.1, -0.05) is 19.8 Å². The zero-order valence-electron chi connectivity index (χ0n) is 19.2. The molecule has 2 aromatic rings. The maximum Gasteiger partial charge on any atom is 0.432 e. The fourth-order valence-electron chi connectivity index (χ4n) is 5.55. The lowest BCUT2D eigenvalue weighted by molar-refractivity contribution is -0.189. The number of rotatable bonds is 5. The number of halogens is 7. The molecule has 192 valence electrons. The summed E-state index contributed by atoms with van der Waals surface area (Å²) in [5, 5.41) is 11.1. The fourth-order valence-corrected chi connectivity index (χ4v) is 5.55. The highest BCUT2D eigenvalue weighted by Crippen LogP contribution is 2.47. The second-order valence-corrected chi connectivity index (χ2v) is 10.0. The van der Waals surface area contributed by atoms with Crippen molar-refractivity contribution in [3.63, 3.8) is 0 Å². The maximum atomic E-state index is 14.7. The van der Waals surface area contributed by atoms with Crippen LogP contribution in [-0.2, 0) is 11.7 Å². The van der Waals surface area contributed by atoms with Crippen LogP contribution in [0.25, 0.3) is 0 Å². The Morgan fingerprint density at radius 3 is 1.77 bits per heavy atom. The van der Waals surface area contributed by atoms with Crippen LogP contribution in [0.4, 0.5) is 30.7 Å². The molecule has 0 heterocycles. The van der Waals surface area contributed by atoms with Crippen LogP contribution in [0.5, 0.6) is 5.75 Å². The molecule has 0 aromatic heterocycles. The van der Waals surface area contributed by atoms with E-state index >= 15 is 0 Å². The normalized spacial score (nSPS) is 27.6. The summed E-state index contributed by atoms with van der Waals surface area (Å²) in [6, 6.07) is 1.57. The second-order valence-electron chi connectivity index (χ2n) is 10.0. The van der Waals surface area contributed by atoms with Crippen LogP contribution in [0.3, 0.4) is 0 Å². The highest BCUT2D eigenvalue weighted by Gasteiger charge is 2.44. The number of aliphatic hydroxyl groups is 1. The Morgan fingerprint density at radius 1 is 0.771 bits per heavy atom. The number of hydrogen-bond donors (Lipinski definition) is 1. The molecule has 0 spiro atoms. The SMILES string of the molecule is CC1CCC(C2CCC(O)(c3cc(F)c(C(F)(F)Oc4cc(F)c(F)c(F)c4)c(F)c3)CC2)CC1. The third-order valence-electron chi connectivity index (χ3n) is 7.66. The Bertz CT molecular complexity index is 1030. The van der Waals surface area contributed by atoms with Gasteiger partial charge in [-0.3, -0.25) is 0 Å². The van der Waals surface area contributed by atoms with Crippen molar-refractivity contribution in [3.05, 3.63) is 64.5 Å². The molecule has 1 N–H and O–H groups in total. The van der Waals surface area contributed by atoms with Crippen molar-refractivity contribution in [2.45, 2.75) is 70.0 Å². The molecule has 0 unspecified atom stereocenters. The summed E-state index contributed by atoms with van der Waals surface area (Å²) in [5.74, 6) is -8.32. The van der Waals surface area contributed by atoms with Crippen LogP contribution in [0.1, 0.15) is 69.4 Å². The van der Waals surface area contributed by atoms with E-state index in [9.17, 15) is 35.8 Å². The Labute approximate surface area is 199 Å². The van der Waals surface area contributed by atoms with Gasteiger partial charge in [0, 0.05) is 12.1 Å². The van der Waals surface area contributed by atoms with E-state index < -0.39 is 52.1 Å². The summed E-state index contributed by atoms with van der Waals surface area (Å²) in [5.41, 5.74) is -3.49. The number of hydrogen-bond acceptors (Lipinski definition) is 2. The van der Waals surface area contributed by atoms with Gasteiger partial charge in [-0.15, -0.1) is 0 Å². The van der Waals surface area contributed by atoms with E-state index in [1.54, 1.807) is 0 Å². The van der Waals surface area contributed by atoms with Gasteiger partial charge in [0.15, 0.2) is 17.5 Å². The molecule has 4 rings (SSSR count). The average Bonchev–Trinajstić information content (AvgIpc) is 2.77. The zero-order chi connectivity index (χ0) is 25.5. The molecule has 0 bridgehead atoms. The van der Waals surface area contributed by atoms with Crippen LogP contribution >= 0.6 is 0 Å². The monoisotopic (exact) mass is 504 g/mol. The quantitative estimate of drug-likeness (QED) is 0.334. The van der Waals surface area contributed by atoms with Crippen LogP contribution in [0.15, 0.2) is 24.3 Å². The largest absolute Gasteiger partial charge is 0.432 e. The van der Waals surface area contributed by atoms with E-state index in [1.807, 2.05) is 0 Å². The van der Waals surface area contributed by atoms with Gasteiger partial charge in [0.1, 0.15) is 22.9 Å². The highest BCUT2D eigenvalue weighted by atomic mass is 19.3. The molecule has 0 atom stereocenters. The molecular formula is C26H27F7O2. The minimum atomic E-state index is -4.66. The first-order valence-corrected chi connectivity index (χ1v) is 11.8. The molecule has 9 heteroatoms. The van der Waals surface area contributed by atoms with Gasteiger partial charge in [0.05, 0.1) is 5.60 Å². The van der Waals surface area contributed by atoms with Crippen LogP contribution in [-0.4, -0.2) is 5.11 Å². The third kappa shape index (κ3) is 5.29. The zero-order valence-corrected chi connectivity index (χ0v) is 19.2. The van der Waals surface area contributed by atoms with Gasteiger partial charge in [-0.2, -0.15) is 8.78 Å². The van der Waals surface area contributed by atoms with Gasteiger partial charge < -0.3 is 9.84 Å². The van der Waals surface area contributed by atoms with Crippen molar-refractivity contribution >= 4 is 0 Å². The molecule has 35 heavy (non-hydrogen) atoms. The van der Waals surface area contributed by atoms with Crippen molar-refractivity contribution in [2.75, 3.05) is 0 Å². The first-order chi connectivity index (χ1) is 16.4. The Morgan fingerprint density at radius 2 is 1.26 bits per heavy atom. The smallest absolute Gasteiger partial charge is 0.429 e. The summed E-state index contributed by atoms with van der Waals surface area (Å²) in [6.45, 7) is 2.23. The molecule has 0 amide bonds. The second kappa shape index (κ2) is 9.64. The first kappa shape index (κ1) is 25.8. The standard InChI is InChI=1S/C26H27F7O2/c1-14-2-4-15(5-3-14)16-6-8-25(34,9-7-16)17-10-19(27)23(20(28)11-17)26(32,33)35-18-12-21(29)24(31)22(30)13-18/h10-16,34H,2-9H2,1H3. The van der Waals surface area contributed by atoms with Gasteiger partial charge in [-0.05, 0) is 74.0 Å². The molecule has 2 aromatic carbocycles. The predicted octanol–water partition coefficient (Wildman–Crippen LogP) is 7.71. The van der Waals surface area contributed by atoms with Gasteiger partial charge in [0.2, 0.25) is 0 Å². The Balaban J connectivity index is 1.51. The van der Waals surface area contributed by atoms with Gasteiger partial charge in [0.25, 0.3) is 0 Å². The van der Waals surface area contributed by atoms with Crippen molar-refractivity contribution in [1.82, 2.24) is 0 Å². The predicted molar refractivity (Wildman–Crippen MR) is 114 cm³/mol. The van der Waals surface area contributed by atoms with Gasteiger partial charge in [-0.25, -0.2) is 22.0 Å². The molecule has 0 radical (unpaired) electrons. The number of ether oxygens (including phenoxy) is 1. The van der Waals surface area contributed by atoms with E-state index in [2.05, 4.69) is 11.7 Å². The Kier molecular flexibility index (Phi) is 7.10. The van der Waals surface area contributed by atoms with Crippen LogP contribution < -0.4 is 4.74 Å². The molecule has 2 nitrogen and oxygen atoms in total. The van der Waals surface area contributed by atoms with Crippen molar-refractivity contribution in [3.8, 4) is 5.75 Å². The Hall–Kier alpha value is -2.29. The van der Waals surface area contributed by atoms with E-state index in [0.29, 0.717) is 42.7 Å². The number of benzene rings is 2. The van der Waals surface area contributed by atoms with Crippen LogP contribution in [0, 0.1) is 46.8 Å². The topological polar surface area (TPSA) is 29.5 Å². The van der Waals surface area contributed by atoms with Crippen molar-refractivity contribution in [2.24, 2.45) is 17.8 Å². The van der Waals surface area contributed by atoms with Gasteiger partial charge >= 0.3 is 6.11 Å². The molecule has 2 aliphatic carbocycles.